The van der Waals surface area contributed by atoms with E-state index < -0.39 is 0 Å². The van der Waals surface area contributed by atoms with Crippen LogP contribution in [0.2, 0.25) is 0 Å². The Morgan fingerprint density at radius 3 is 1.10 bits per heavy atom. The summed E-state index contributed by atoms with van der Waals surface area (Å²) in [7, 11) is 0. The van der Waals surface area contributed by atoms with Gasteiger partial charge in [0.05, 0.1) is 6.04 Å². The molecule has 68 valence electrons. The van der Waals surface area contributed by atoms with Gasteiger partial charge in [-0.15, -0.1) is 17.0 Å². The third-order valence-corrected chi connectivity index (χ3v) is 0. The molecule has 0 aliphatic heterocycles. The Morgan fingerprint density at radius 1 is 1.10 bits per heavy atom. The minimum absolute atomic E-state index is 0. The Balaban J connectivity index is -0.0000000300. The molecule has 10 heavy (non-hydrogen) atoms. The van der Waals surface area contributed by atoms with Crippen LogP contribution in [-0.2, 0) is 0 Å². The highest BCUT2D eigenvalue weighted by Crippen LogP contribution is 1.58. The number of nitrogens with two attached hydrogens (primary N) is 1. The standard InChI is InChI=1S/2C3H9N.2BrH/c2*1-3(2)4;;/h2*3H,4H2,1-2H3;2*1H. The van der Waals surface area contributed by atoms with Crippen molar-refractivity contribution < 1.29 is 22.7 Å². The third kappa shape index (κ3) is 712. The van der Waals surface area contributed by atoms with Gasteiger partial charge in [-0.05, 0) is 19.9 Å². The second kappa shape index (κ2) is 16.5. The van der Waals surface area contributed by atoms with Crippen LogP contribution in [0, 0.1) is 0 Å². The second-order valence-electron chi connectivity index (χ2n) is 2.64. The van der Waals surface area contributed by atoms with Gasteiger partial charge in [0.25, 0.3) is 0 Å². The topological polar surface area (TPSA) is 53.7 Å². The molecule has 0 aliphatic carbocycles. The van der Waals surface area contributed by atoms with Crippen LogP contribution in [0.4, 0.5) is 0 Å². The van der Waals surface area contributed by atoms with E-state index in [-0.39, 0.29) is 34.0 Å². The lowest BCUT2D eigenvalue weighted by Gasteiger charge is -1.81. The smallest absolute Gasteiger partial charge is 0.0786 e. The van der Waals surface area contributed by atoms with Crippen LogP contribution in [0.25, 0.3) is 0 Å². The first-order valence-electron chi connectivity index (χ1n) is 3.05. The summed E-state index contributed by atoms with van der Waals surface area (Å²) in [6.45, 7) is 8.00. The van der Waals surface area contributed by atoms with Crippen molar-refractivity contribution in [3.63, 3.8) is 0 Å². The molecule has 0 unspecified atom stereocenters. The van der Waals surface area contributed by atoms with Crippen LogP contribution in [0.3, 0.4) is 0 Å². The number of quaternary nitrogens is 1. The SMILES string of the molecule is Br.CC(C)N.CC(C)[NH3+].[Br-]. The molecule has 5 N–H and O–H groups in total. The first kappa shape index (κ1) is 22.4. The summed E-state index contributed by atoms with van der Waals surface area (Å²) in [5.41, 5.74) is 8.75. The third-order valence-electron chi connectivity index (χ3n) is 0. The molecule has 0 spiro atoms. The number of rotatable bonds is 0. The van der Waals surface area contributed by atoms with E-state index in [0.29, 0.717) is 12.1 Å². The number of hydrogen-bond donors (Lipinski definition) is 2. The summed E-state index contributed by atoms with van der Waals surface area (Å²) in [5.74, 6) is 0. The van der Waals surface area contributed by atoms with Crippen molar-refractivity contribution in [1.82, 2.24) is 0 Å². The Kier molecular flexibility index (Phi) is 36.9. The van der Waals surface area contributed by atoms with Crippen LogP contribution >= 0.6 is 17.0 Å². The lowest BCUT2D eigenvalue weighted by Crippen LogP contribution is -3.00. The molecule has 2 nitrogen and oxygen atoms in total. The molecule has 0 bridgehead atoms. The van der Waals surface area contributed by atoms with Crippen molar-refractivity contribution in [3.8, 4) is 0 Å². The van der Waals surface area contributed by atoms with Gasteiger partial charge in [-0.1, -0.05) is 13.8 Å². The summed E-state index contributed by atoms with van der Waals surface area (Å²) in [6.07, 6.45) is 0. The molecule has 0 aliphatic rings. The first-order chi connectivity index (χ1) is 3.46. The number of halogens is 2. The van der Waals surface area contributed by atoms with Crippen LogP contribution < -0.4 is 28.4 Å². The molecule has 0 aromatic heterocycles. The quantitative estimate of drug-likeness (QED) is 0.509. The van der Waals surface area contributed by atoms with Gasteiger partial charge in [0, 0.05) is 0 Å². The highest BCUT2D eigenvalue weighted by molar-refractivity contribution is 8.93. The molecule has 0 saturated heterocycles. The Bertz CT molecular complexity index is 29.2. The molecule has 0 saturated carbocycles. The van der Waals surface area contributed by atoms with E-state index in [1.54, 1.807) is 0 Å². The van der Waals surface area contributed by atoms with E-state index >= 15 is 0 Å². The summed E-state index contributed by atoms with van der Waals surface area (Å²) in [4.78, 5) is 0. The van der Waals surface area contributed by atoms with E-state index in [0.717, 1.165) is 0 Å². The molecule has 0 amide bonds. The van der Waals surface area contributed by atoms with E-state index in [2.05, 4.69) is 19.6 Å². The van der Waals surface area contributed by atoms with Crippen molar-refractivity contribution in [1.29, 1.82) is 0 Å². The molecule has 0 aromatic rings. The molecular weight excluding hydrogens is 260 g/mol. The largest absolute Gasteiger partial charge is 1.00 e. The first-order valence-corrected chi connectivity index (χ1v) is 3.05. The lowest BCUT2D eigenvalue weighted by atomic mass is 10.4. The van der Waals surface area contributed by atoms with Crippen LogP contribution in [0.15, 0.2) is 0 Å². The van der Waals surface area contributed by atoms with E-state index in [1.165, 1.54) is 0 Å². The summed E-state index contributed by atoms with van der Waals surface area (Å²) < 4.78 is 0. The maximum Gasteiger partial charge on any atom is 0.0786 e. The molecule has 0 atom stereocenters. The fourth-order valence-electron chi connectivity index (χ4n) is 0. The summed E-state index contributed by atoms with van der Waals surface area (Å²) in [5, 5.41) is 0. The van der Waals surface area contributed by atoms with Crippen molar-refractivity contribution in [2.45, 2.75) is 39.8 Å². The van der Waals surface area contributed by atoms with Crippen molar-refractivity contribution in [2.75, 3.05) is 0 Å². The average Bonchev–Trinajstić information content (AvgIpc) is 1.25. The minimum atomic E-state index is 0. The lowest BCUT2D eigenvalue weighted by molar-refractivity contribution is -0.407. The molecule has 4 heteroatoms. The predicted molar refractivity (Wildman–Crippen MR) is 47.7 cm³/mol. The fraction of sp³-hybridized carbons (Fsp3) is 1.00. The van der Waals surface area contributed by atoms with Crippen molar-refractivity contribution in [2.24, 2.45) is 5.73 Å². The second-order valence-corrected chi connectivity index (χ2v) is 2.64. The van der Waals surface area contributed by atoms with Gasteiger partial charge in [-0.25, -0.2) is 0 Å². The zero-order chi connectivity index (χ0) is 7.15. The molecule has 0 aromatic carbocycles. The maximum atomic E-state index is 5.11. The average molecular weight is 280 g/mol. The monoisotopic (exact) mass is 278 g/mol. The van der Waals surface area contributed by atoms with Gasteiger partial charge in [0.2, 0.25) is 0 Å². The van der Waals surface area contributed by atoms with Crippen molar-refractivity contribution in [3.05, 3.63) is 0 Å². The fourth-order valence-corrected chi connectivity index (χ4v) is 0. The zero-order valence-electron chi connectivity index (χ0n) is 7.23. The Labute approximate surface area is 85.3 Å². The zero-order valence-corrected chi connectivity index (χ0v) is 10.5. The van der Waals surface area contributed by atoms with Crippen LogP contribution in [0.5, 0.6) is 0 Å². The highest BCUT2D eigenvalue weighted by atomic mass is 79.9. The maximum absolute atomic E-state index is 5.11. The Hall–Kier alpha value is 0.880. The highest BCUT2D eigenvalue weighted by Gasteiger charge is 1.72. The van der Waals surface area contributed by atoms with Crippen LogP contribution in [-0.4, -0.2) is 12.1 Å². The van der Waals surface area contributed by atoms with Crippen molar-refractivity contribution >= 4 is 17.0 Å². The predicted octanol–water partition coefficient (Wildman–Crippen LogP) is -2.43. The number of hydrogen-bond acceptors (Lipinski definition) is 1. The van der Waals surface area contributed by atoms with Gasteiger partial charge in [-0.3, -0.25) is 0 Å². The summed E-state index contributed by atoms with van der Waals surface area (Å²) in [6, 6.07) is 0.917. The van der Waals surface area contributed by atoms with E-state index in [1.807, 2.05) is 13.8 Å². The molecule has 0 fully saturated rings. The molecule has 0 radical (unpaired) electrons. The van der Waals surface area contributed by atoms with Gasteiger partial charge in [-0.2, -0.15) is 0 Å². The van der Waals surface area contributed by atoms with Gasteiger partial charge >= 0.3 is 0 Å². The van der Waals surface area contributed by atoms with Gasteiger partial charge < -0.3 is 28.4 Å². The molecular formula is C6H20Br2N2. The van der Waals surface area contributed by atoms with E-state index in [9.17, 15) is 0 Å². The van der Waals surface area contributed by atoms with Crippen LogP contribution in [0.1, 0.15) is 27.7 Å². The minimum Gasteiger partial charge on any atom is -1.00 e. The van der Waals surface area contributed by atoms with Gasteiger partial charge in [0.1, 0.15) is 0 Å². The van der Waals surface area contributed by atoms with Gasteiger partial charge in [0.15, 0.2) is 0 Å². The normalized spacial score (nSPS) is 7.20. The Morgan fingerprint density at radius 2 is 1.10 bits per heavy atom. The molecule has 0 rings (SSSR count). The van der Waals surface area contributed by atoms with E-state index in [4.69, 9.17) is 5.73 Å². The molecule has 0 heterocycles. The summed E-state index contributed by atoms with van der Waals surface area (Å²) >= 11 is 0.